The zero-order valence-electron chi connectivity index (χ0n) is 10.6. The number of rotatable bonds is 4. The fourth-order valence-electron chi connectivity index (χ4n) is 2.12. The van der Waals surface area contributed by atoms with E-state index in [1.54, 1.807) is 0 Å². The van der Waals surface area contributed by atoms with Crippen molar-refractivity contribution in [3.63, 3.8) is 0 Å². The van der Waals surface area contributed by atoms with Gasteiger partial charge >= 0.3 is 0 Å². The summed E-state index contributed by atoms with van der Waals surface area (Å²) in [7, 11) is 1.95. The molecule has 1 aromatic heterocycles. The molecule has 1 unspecified atom stereocenters. The summed E-state index contributed by atoms with van der Waals surface area (Å²) in [5.41, 5.74) is 2.31. The van der Waals surface area contributed by atoms with Crippen LogP contribution in [0.1, 0.15) is 19.0 Å². The molecule has 17 heavy (non-hydrogen) atoms. The quantitative estimate of drug-likeness (QED) is 0.890. The zero-order valence-corrected chi connectivity index (χ0v) is 11.5. The van der Waals surface area contributed by atoms with Crippen LogP contribution in [0.2, 0.25) is 0 Å². The molecule has 0 saturated carbocycles. The number of thioether (sulfide) groups is 1. The molecule has 1 saturated heterocycles. The molecule has 3 nitrogen and oxygen atoms in total. The number of hydrogen-bond acceptors (Lipinski definition) is 4. The molecule has 0 aliphatic carbocycles. The Morgan fingerprint density at radius 3 is 3.24 bits per heavy atom. The van der Waals surface area contributed by atoms with Crippen molar-refractivity contribution in [2.75, 3.05) is 31.2 Å². The summed E-state index contributed by atoms with van der Waals surface area (Å²) < 4.78 is 0. The summed E-state index contributed by atoms with van der Waals surface area (Å²) in [6.07, 6.45) is 3.16. The van der Waals surface area contributed by atoms with Crippen molar-refractivity contribution in [3.05, 3.63) is 24.0 Å². The maximum atomic E-state index is 4.44. The van der Waals surface area contributed by atoms with Gasteiger partial charge in [0.05, 0.1) is 5.69 Å². The van der Waals surface area contributed by atoms with Gasteiger partial charge in [0, 0.05) is 49.6 Å². The van der Waals surface area contributed by atoms with Gasteiger partial charge in [-0.15, -0.1) is 0 Å². The lowest BCUT2D eigenvalue weighted by Gasteiger charge is -2.31. The molecule has 94 valence electrons. The average Bonchev–Trinajstić information content (AvgIpc) is 2.39. The van der Waals surface area contributed by atoms with Crippen molar-refractivity contribution in [2.24, 2.45) is 0 Å². The number of pyridine rings is 1. The summed E-state index contributed by atoms with van der Waals surface area (Å²) in [5, 5.41) is 3.96. The van der Waals surface area contributed by atoms with Crippen LogP contribution in [-0.2, 0) is 6.54 Å². The monoisotopic (exact) mass is 251 g/mol. The normalized spacial score (nSPS) is 21.4. The van der Waals surface area contributed by atoms with Crippen molar-refractivity contribution in [1.82, 2.24) is 9.88 Å². The Labute approximate surface area is 108 Å². The van der Waals surface area contributed by atoms with Crippen LogP contribution in [0.25, 0.3) is 0 Å². The third-order valence-corrected chi connectivity index (χ3v) is 4.54. The van der Waals surface area contributed by atoms with Crippen LogP contribution in [0.5, 0.6) is 0 Å². The second-order valence-corrected chi connectivity index (χ2v) is 5.83. The second kappa shape index (κ2) is 6.26. The average molecular weight is 251 g/mol. The third kappa shape index (κ3) is 3.61. The molecule has 4 heteroatoms. The number of aromatic nitrogens is 1. The highest BCUT2D eigenvalue weighted by molar-refractivity contribution is 8.00. The molecular weight excluding hydrogens is 230 g/mol. The largest absolute Gasteiger partial charge is 0.388 e. The van der Waals surface area contributed by atoms with E-state index >= 15 is 0 Å². The van der Waals surface area contributed by atoms with E-state index in [0.717, 1.165) is 17.5 Å². The summed E-state index contributed by atoms with van der Waals surface area (Å²) in [6, 6.07) is 4.15. The van der Waals surface area contributed by atoms with E-state index in [-0.39, 0.29) is 0 Å². The van der Waals surface area contributed by atoms with E-state index in [0.29, 0.717) is 0 Å². The number of nitrogens with zero attached hydrogens (tertiary/aromatic N) is 2. The standard InChI is InChI=1S/C13H21N3S/c1-3-13-10-16(6-7-17-13)9-12-8-11(14-2)4-5-15-12/h4-5,8,13H,3,6-7,9-10H2,1-2H3,(H,14,15). The molecule has 2 heterocycles. The van der Waals surface area contributed by atoms with Gasteiger partial charge in [0.1, 0.15) is 0 Å². The lowest BCUT2D eigenvalue weighted by molar-refractivity contribution is 0.270. The Bertz CT molecular complexity index is 356. The van der Waals surface area contributed by atoms with Gasteiger partial charge in [-0.05, 0) is 18.6 Å². The van der Waals surface area contributed by atoms with E-state index in [1.165, 1.54) is 31.0 Å². The number of anilines is 1. The van der Waals surface area contributed by atoms with E-state index in [2.05, 4.69) is 40.0 Å². The van der Waals surface area contributed by atoms with E-state index in [1.807, 2.05) is 19.3 Å². The van der Waals surface area contributed by atoms with Gasteiger partial charge in [-0.1, -0.05) is 6.92 Å². The first-order valence-electron chi connectivity index (χ1n) is 6.28. The molecule has 0 radical (unpaired) electrons. The van der Waals surface area contributed by atoms with Gasteiger partial charge < -0.3 is 5.32 Å². The maximum Gasteiger partial charge on any atom is 0.0564 e. The van der Waals surface area contributed by atoms with E-state index in [4.69, 9.17) is 0 Å². The topological polar surface area (TPSA) is 28.2 Å². The highest BCUT2D eigenvalue weighted by atomic mass is 32.2. The Kier molecular flexibility index (Phi) is 4.68. The minimum absolute atomic E-state index is 0.802. The van der Waals surface area contributed by atoms with Crippen LogP contribution < -0.4 is 5.32 Å². The lowest BCUT2D eigenvalue weighted by atomic mass is 10.2. The lowest BCUT2D eigenvalue weighted by Crippen LogP contribution is -2.37. The molecule has 1 N–H and O–H groups in total. The molecule has 0 aromatic carbocycles. The zero-order chi connectivity index (χ0) is 12.1. The van der Waals surface area contributed by atoms with Crippen molar-refractivity contribution in [1.29, 1.82) is 0 Å². The predicted octanol–water partition coefficient (Wildman–Crippen LogP) is 2.45. The van der Waals surface area contributed by atoms with Gasteiger partial charge in [0.15, 0.2) is 0 Å². The van der Waals surface area contributed by atoms with Gasteiger partial charge in [0.2, 0.25) is 0 Å². The molecule has 1 atom stereocenters. The Morgan fingerprint density at radius 1 is 1.59 bits per heavy atom. The maximum absolute atomic E-state index is 4.44. The van der Waals surface area contributed by atoms with E-state index < -0.39 is 0 Å². The van der Waals surface area contributed by atoms with Gasteiger partial charge in [-0.25, -0.2) is 0 Å². The summed E-state index contributed by atoms with van der Waals surface area (Å²) in [6.45, 7) is 5.65. The van der Waals surface area contributed by atoms with Crippen LogP contribution in [0, 0.1) is 0 Å². The molecule has 0 spiro atoms. The molecule has 1 aliphatic heterocycles. The fourth-order valence-corrected chi connectivity index (χ4v) is 3.37. The first-order chi connectivity index (χ1) is 8.31. The fraction of sp³-hybridized carbons (Fsp3) is 0.615. The summed E-state index contributed by atoms with van der Waals surface area (Å²) in [4.78, 5) is 6.96. The van der Waals surface area contributed by atoms with Gasteiger partial charge in [0.25, 0.3) is 0 Å². The summed E-state index contributed by atoms with van der Waals surface area (Å²) in [5.74, 6) is 1.25. The minimum atomic E-state index is 0.802. The van der Waals surface area contributed by atoms with Crippen molar-refractivity contribution in [3.8, 4) is 0 Å². The molecule has 1 aliphatic rings. The molecule has 0 amide bonds. The Morgan fingerprint density at radius 2 is 2.47 bits per heavy atom. The van der Waals surface area contributed by atoms with Crippen LogP contribution >= 0.6 is 11.8 Å². The Hall–Kier alpha value is -0.740. The SMILES string of the molecule is CCC1CN(Cc2cc(NC)ccn2)CCS1. The molecule has 2 rings (SSSR count). The first kappa shape index (κ1) is 12.7. The molecule has 1 aromatic rings. The molecule has 0 bridgehead atoms. The van der Waals surface area contributed by atoms with Crippen LogP contribution in [0.3, 0.4) is 0 Å². The minimum Gasteiger partial charge on any atom is -0.388 e. The Balaban J connectivity index is 1.95. The number of hydrogen-bond donors (Lipinski definition) is 1. The van der Waals surface area contributed by atoms with Crippen LogP contribution in [0.4, 0.5) is 5.69 Å². The second-order valence-electron chi connectivity index (χ2n) is 4.42. The van der Waals surface area contributed by atoms with Gasteiger partial charge in [-0.2, -0.15) is 11.8 Å². The highest BCUT2D eigenvalue weighted by Gasteiger charge is 2.19. The smallest absolute Gasteiger partial charge is 0.0564 e. The predicted molar refractivity (Wildman–Crippen MR) is 75.6 cm³/mol. The van der Waals surface area contributed by atoms with Crippen LogP contribution in [0.15, 0.2) is 18.3 Å². The molecular formula is C13H21N3S. The number of nitrogens with one attached hydrogen (secondary N) is 1. The molecule has 1 fully saturated rings. The van der Waals surface area contributed by atoms with Crippen molar-refractivity contribution in [2.45, 2.75) is 25.1 Å². The highest BCUT2D eigenvalue weighted by Crippen LogP contribution is 2.22. The van der Waals surface area contributed by atoms with E-state index in [9.17, 15) is 0 Å². The van der Waals surface area contributed by atoms with Crippen LogP contribution in [-0.4, -0.2) is 41.0 Å². The van der Waals surface area contributed by atoms with Gasteiger partial charge in [-0.3, -0.25) is 9.88 Å². The third-order valence-electron chi connectivity index (χ3n) is 3.17. The first-order valence-corrected chi connectivity index (χ1v) is 7.33. The van der Waals surface area contributed by atoms with Crippen molar-refractivity contribution < 1.29 is 0 Å². The van der Waals surface area contributed by atoms with Crippen molar-refractivity contribution >= 4 is 17.4 Å². The summed E-state index contributed by atoms with van der Waals surface area (Å²) >= 11 is 2.11.